The van der Waals surface area contributed by atoms with Gasteiger partial charge in [0, 0.05) is 11.8 Å². The number of methoxy groups -OCH3 is 3. The van der Waals surface area contributed by atoms with Gasteiger partial charge in [-0.15, -0.1) is 0 Å². The highest BCUT2D eigenvalue weighted by Crippen LogP contribution is 2.33. The smallest absolute Gasteiger partial charge is 0.264 e. The van der Waals surface area contributed by atoms with Crippen LogP contribution < -0.4 is 28.6 Å². The molecule has 0 aliphatic rings. The third-order valence-corrected chi connectivity index (χ3v) is 7.17. The van der Waals surface area contributed by atoms with Gasteiger partial charge in [-0.1, -0.05) is 11.6 Å². The molecular formula is C25H27ClN2O7S. The van der Waals surface area contributed by atoms with E-state index in [1.807, 2.05) is 6.92 Å². The van der Waals surface area contributed by atoms with Crippen LogP contribution in [0.25, 0.3) is 0 Å². The molecule has 0 aliphatic carbocycles. The largest absolute Gasteiger partial charge is 0.495 e. The Hall–Kier alpha value is -3.63. The number of hydrogen-bond donors (Lipinski definition) is 1. The first-order valence-electron chi connectivity index (χ1n) is 10.8. The summed E-state index contributed by atoms with van der Waals surface area (Å²) >= 11 is 6.14. The van der Waals surface area contributed by atoms with Gasteiger partial charge in [-0.3, -0.25) is 9.10 Å². The van der Waals surface area contributed by atoms with Crippen LogP contribution in [0.1, 0.15) is 6.92 Å². The highest BCUT2D eigenvalue weighted by molar-refractivity contribution is 7.92. The first kappa shape index (κ1) is 27.0. The number of rotatable bonds is 11. The molecule has 3 aromatic rings. The number of anilines is 2. The minimum absolute atomic E-state index is 0.0747. The Morgan fingerprint density at radius 2 is 1.53 bits per heavy atom. The van der Waals surface area contributed by atoms with Crippen molar-refractivity contribution in [2.45, 2.75) is 11.8 Å². The van der Waals surface area contributed by atoms with E-state index in [0.717, 1.165) is 4.31 Å². The summed E-state index contributed by atoms with van der Waals surface area (Å²) < 4.78 is 49.5. The molecule has 0 saturated heterocycles. The number of nitrogens with one attached hydrogen (secondary N) is 1. The monoisotopic (exact) mass is 534 g/mol. The zero-order chi connectivity index (χ0) is 26.3. The maximum absolute atomic E-state index is 13.7. The average molecular weight is 535 g/mol. The zero-order valence-corrected chi connectivity index (χ0v) is 21.9. The summed E-state index contributed by atoms with van der Waals surface area (Å²) in [6.07, 6.45) is 0. The van der Waals surface area contributed by atoms with E-state index in [4.69, 9.17) is 30.5 Å². The molecule has 0 aromatic heterocycles. The zero-order valence-electron chi connectivity index (χ0n) is 20.3. The maximum atomic E-state index is 13.7. The van der Waals surface area contributed by atoms with Gasteiger partial charge in [-0.05, 0) is 61.5 Å². The molecule has 0 fully saturated rings. The molecule has 192 valence electrons. The number of carbonyl (C=O) groups is 1. The van der Waals surface area contributed by atoms with Crippen LogP contribution in [-0.2, 0) is 14.8 Å². The molecule has 9 nitrogen and oxygen atoms in total. The fourth-order valence-electron chi connectivity index (χ4n) is 3.37. The van der Waals surface area contributed by atoms with E-state index >= 15 is 0 Å². The minimum atomic E-state index is -4.19. The van der Waals surface area contributed by atoms with E-state index in [1.54, 1.807) is 36.4 Å². The fourth-order valence-corrected chi connectivity index (χ4v) is 5.06. The molecule has 0 aliphatic heterocycles. The molecule has 36 heavy (non-hydrogen) atoms. The average Bonchev–Trinajstić information content (AvgIpc) is 2.87. The molecule has 3 rings (SSSR count). The Morgan fingerprint density at radius 1 is 0.889 bits per heavy atom. The summed E-state index contributed by atoms with van der Waals surface area (Å²) in [5, 5.41) is 2.98. The van der Waals surface area contributed by atoms with Crippen molar-refractivity contribution < 1.29 is 32.2 Å². The SMILES string of the molecule is CCOc1ccc(N(CC(=O)Nc2ccc(OC)c(Cl)c2)S(=O)(=O)c2ccc(OC)c(OC)c2)cc1. The molecule has 0 saturated carbocycles. The molecule has 1 amide bonds. The third kappa shape index (κ3) is 6.13. The molecule has 0 bridgehead atoms. The summed E-state index contributed by atoms with van der Waals surface area (Å²) in [5.41, 5.74) is 0.664. The van der Waals surface area contributed by atoms with Gasteiger partial charge in [0.2, 0.25) is 5.91 Å². The van der Waals surface area contributed by atoms with Crippen molar-refractivity contribution in [3.63, 3.8) is 0 Å². The van der Waals surface area contributed by atoms with E-state index in [-0.39, 0.29) is 16.3 Å². The van der Waals surface area contributed by atoms with Crippen molar-refractivity contribution in [2.75, 3.05) is 44.1 Å². The minimum Gasteiger partial charge on any atom is -0.495 e. The normalized spacial score (nSPS) is 10.9. The van der Waals surface area contributed by atoms with Crippen LogP contribution in [-0.4, -0.2) is 48.8 Å². The van der Waals surface area contributed by atoms with Gasteiger partial charge in [0.15, 0.2) is 11.5 Å². The van der Waals surface area contributed by atoms with Gasteiger partial charge < -0.3 is 24.3 Å². The maximum Gasteiger partial charge on any atom is 0.264 e. The van der Waals surface area contributed by atoms with E-state index in [2.05, 4.69) is 5.32 Å². The van der Waals surface area contributed by atoms with E-state index < -0.39 is 22.5 Å². The van der Waals surface area contributed by atoms with Crippen molar-refractivity contribution in [3.05, 3.63) is 65.7 Å². The van der Waals surface area contributed by atoms with Crippen LogP contribution >= 0.6 is 11.6 Å². The summed E-state index contributed by atoms with van der Waals surface area (Å²) in [5.74, 6) is 1.05. The van der Waals surface area contributed by atoms with Gasteiger partial charge in [0.25, 0.3) is 10.0 Å². The van der Waals surface area contributed by atoms with Crippen LogP contribution in [0.5, 0.6) is 23.0 Å². The van der Waals surface area contributed by atoms with Crippen LogP contribution in [0.15, 0.2) is 65.6 Å². The fraction of sp³-hybridized carbons (Fsp3) is 0.240. The molecule has 11 heteroatoms. The predicted octanol–water partition coefficient (Wildman–Crippen LogP) is 4.60. The number of halogens is 1. The van der Waals surface area contributed by atoms with Crippen LogP contribution in [0.4, 0.5) is 11.4 Å². The second-order valence-electron chi connectivity index (χ2n) is 7.35. The highest BCUT2D eigenvalue weighted by atomic mass is 35.5. The lowest BCUT2D eigenvalue weighted by Crippen LogP contribution is -2.38. The van der Waals surface area contributed by atoms with E-state index in [0.29, 0.717) is 34.6 Å². The van der Waals surface area contributed by atoms with Crippen molar-refractivity contribution in [1.82, 2.24) is 0 Å². The number of hydrogen-bond acceptors (Lipinski definition) is 7. The quantitative estimate of drug-likeness (QED) is 0.383. The first-order chi connectivity index (χ1) is 17.2. The van der Waals surface area contributed by atoms with Gasteiger partial charge >= 0.3 is 0 Å². The second kappa shape index (κ2) is 11.9. The lowest BCUT2D eigenvalue weighted by atomic mass is 10.3. The Kier molecular flexibility index (Phi) is 8.89. The molecule has 0 spiro atoms. The summed E-state index contributed by atoms with van der Waals surface area (Å²) in [6, 6.07) is 15.4. The molecule has 0 unspecified atom stereocenters. The van der Waals surface area contributed by atoms with Crippen LogP contribution in [0.3, 0.4) is 0 Å². The van der Waals surface area contributed by atoms with Gasteiger partial charge in [0.1, 0.15) is 18.0 Å². The Morgan fingerprint density at radius 3 is 2.11 bits per heavy atom. The van der Waals surface area contributed by atoms with Gasteiger partial charge in [0.05, 0.1) is 43.5 Å². The van der Waals surface area contributed by atoms with Crippen molar-refractivity contribution in [1.29, 1.82) is 0 Å². The predicted molar refractivity (Wildman–Crippen MR) is 138 cm³/mol. The van der Waals surface area contributed by atoms with Crippen molar-refractivity contribution in [2.24, 2.45) is 0 Å². The molecule has 3 aromatic carbocycles. The Labute approximate surface area is 215 Å². The van der Waals surface area contributed by atoms with Crippen LogP contribution in [0.2, 0.25) is 5.02 Å². The van der Waals surface area contributed by atoms with Gasteiger partial charge in [-0.2, -0.15) is 0 Å². The lowest BCUT2D eigenvalue weighted by molar-refractivity contribution is -0.114. The summed E-state index contributed by atoms with van der Waals surface area (Å²) in [7, 11) is 0.147. The molecular weight excluding hydrogens is 508 g/mol. The van der Waals surface area contributed by atoms with E-state index in [9.17, 15) is 13.2 Å². The van der Waals surface area contributed by atoms with Crippen LogP contribution in [0, 0.1) is 0 Å². The molecule has 0 heterocycles. The summed E-state index contributed by atoms with van der Waals surface area (Å²) in [6.45, 7) is 1.80. The number of nitrogens with zero attached hydrogens (tertiary/aromatic N) is 1. The van der Waals surface area contributed by atoms with E-state index in [1.165, 1.54) is 45.6 Å². The number of amides is 1. The molecule has 0 atom stereocenters. The topological polar surface area (TPSA) is 103 Å². The first-order valence-corrected chi connectivity index (χ1v) is 12.7. The molecule has 1 N–H and O–H groups in total. The highest BCUT2D eigenvalue weighted by Gasteiger charge is 2.28. The standard InChI is InChI=1S/C25H27ClN2O7S/c1-5-35-19-9-7-18(8-10-19)28(16-25(29)27-17-6-12-22(32-2)21(26)14-17)36(30,31)20-11-13-23(33-3)24(15-20)34-4/h6-15H,5,16H2,1-4H3,(H,27,29). The number of ether oxygens (including phenoxy) is 4. The summed E-state index contributed by atoms with van der Waals surface area (Å²) in [4.78, 5) is 12.9. The number of benzene rings is 3. The second-order valence-corrected chi connectivity index (χ2v) is 9.62. The van der Waals surface area contributed by atoms with Gasteiger partial charge in [-0.25, -0.2) is 8.42 Å². The Balaban J connectivity index is 1.97. The van der Waals surface area contributed by atoms with Crippen molar-refractivity contribution in [3.8, 4) is 23.0 Å². The number of sulfonamides is 1. The third-order valence-electron chi connectivity index (χ3n) is 5.10. The number of carbonyl (C=O) groups excluding carboxylic acids is 1. The molecule has 0 radical (unpaired) electrons. The lowest BCUT2D eigenvalue weighted by Gasteiger charge is -2.25. The Bertz CT molecular complexity index is 1310. The van der Waals surface area contributed by atoms with Crippen molar-refractivity contribution >= 4 is 38.9 Å².